The van der Waals surface area contributed by atoms with Gasteiger partial charge in [0.2, 0.25) is 5.91 Å². The predicted octanol–water partition coefficient (Wildman–Crippen LogP) is 1.72. The van der Waals surface area contributed by atoms with E-state index in [2.05, 4.69) is 4.90 Å². The van der Waals surface area contributed by atoms with Gasteiger partial charge in [-0.15, -0.1) is 0 Å². The van der Waals surface area contributed by atoms with Crippen LogP contribution in [0, 0.1) is 0 Å². The van der Waals surface area contributed by atoms with Crippen LogP contribution in [-0.4, -0.2) is 43.1 Å². The van der Waals surface area contributed by atoms with Crippen molar-refractivity contribution in [2.24, 2.45) is 0 Å². The lowest BCUT2D eigenvalue weighted by atomic mass is 9.96. The summed E-state index contributed by atoms with van der Waals surface area (Å²) in [5, 5.41) is 0. The second-order valence-electron chi connectivity index (χ2n) is 5.56. The van der Waals surface area contributed by atoms with E-state index in [1.54, 1.807) is 4.90 Å². The highest BCUT2D eigenvalue weighted by atomic mass is 16.5. The molecule has 0 aliphatic carbocycles. The lowest BCUT2D eigenvalue weighted by Crippen LogP contribution is -2.62. The number of para-hydroxylation sites is 1. The van der Waals surface area contributed by atoms with Crippen LogP contribution < -0.4 is 15.4 Å². The van der Waals surface area contributed by atoms with E-state index in [-0.39, 0.29) is 5.91 Å². The third-order valence-corrected chi connectivity index (χ3v) is 3.84. The molecule has 5 heteroatoms. The maximum absolute atomic E-state index is 12.4. The summed E-state index contributed by atoms with van der Waals surface area (Å²) in [6.07, 6.45) is 0. The van der Waals surface area contributed by atoms with Gasteiger partial charge in [-0.3, -0.25) is 4.79 Å². The quantitative estimate of drug-likeness (QED) is 0.855. The van der Waals surface area contributed by atoms with Crippen molar-refractivity contribution >= 4 is 17.3 Å². The maximum Gasteiger partial charge on any atom is 0.247 e. The first-order valence-electron chi connectivity index (χ1n) is 6.94. The molecule has 0 saturated carbocycles. The van der Waals surface area contributed by atoms with Crippen molar-refractivity contribution in [3.63, 3.8) is 0 Å². The Balaban J connectivity index is 2.41. The number of rotatable bonds is 3. The summed E-state index contributed by atoms with van der Waals surface area (Å²) < 4.78 is 5.54. The Morgan fingerprint density at radius 2 is 2.05 bits per heavy atom. The number of carbonyl (C=O) groups excluding carboxylic acids is 1. The lowest BCUT2D eigenvalue weighted by Gasteiger charge is -2.46. The van der Waals surface area contributed by atoms with Gasteiger partial charge in [-0.1, -0.05) is 6.07 Å². The first kappa shape index (κ1) is 14.5. The molecule has 110 valence electrons. The SMILES string of the molecule is CCOc1cccc(N2CCN(C)C(=O)C2(C)C)c1N. The highest BCUT2D eigenvalue weighted by Crippen LogP contribution is 2.37. The number of ether oxygens (including phenoxy) is 1. The lowest BCUT2D eigenvalue weighted by molar-refractivity contribution is -0.136. The molecule has 0 aromatic heterocycles. The number of nitrogens with zero attached hydrogens (tertiary/aromatic N) is 2. The molecule has 1 aliphatic rings. The molecule has 1 heterocycles. The first-order chi connectivity index (χ1) is 9.39. The molecule has 0 unspecified atom stereocenters. The molecule has 5 nitrogen and oxygen atoms in total. The van der Waals surface area contributed by atoms with Gasteiger partial charge in [0.1, 0.15) is 11.3 Å². The van der Waals surface area contributed by atoms with Crippen molar-refractivity contribution in [2.75, 3.05) is 37.4 Å². The first-order valence-corrected chi connectivity index (χ1v) is 6.94. The van der Waals surface area contributed by atoms with E-state index < -0.39 is 5.54 Å². The van der Waals surface area contributed by atoms with Gasteiger partial charge in [0, 0.05) is 20.1 Å². The van der Waals surface area contributed by atoms with Gasteiger partial charge >= 0.3 is 0 Å². The Kier molecular flexibility index (Phi) is 3.79. The second-order valence-corrected chi connectivity index (χ2v) is 5.56. The Morgan fingerprint density at radius 1 is 1.35 bits per heavy atom. The molecule has 1 aromatic carbocycles. The highest BCUT2D eigenvalue weighted by molar-refractivity contribution is 5.92. The standard InChI is InChI=1S/C15H23N3O2/c1-5-20-12-8-6-7-11(13(12)16)18-10-9-17(4)14(19)15(18,2)3/h6-8H,5,9-10,16H2,1-4H3. The van der Waals surface area contributed by atoms with E-state index in [1.807, 2.05) is 46.0 Å². The number of amides is 1. The average Bonchev–Trinajstić information content (AvgIpc) is 2.40. The van der Waals surface area contributed by atoms with Gasteiger partial charge in [0.15, 0.2) is 0 Å². The molecule has 1 amide bonds. The fourth-order valence-corrected chi connectivity index (χ4v) is 2.68. The third kappa shape index (κ3) is 2.28. The van der Waals surface area contributed by atoms with Crippen molar-refractivity contribution in [3.8, 4) is 5.75 Å². The van der Waals surface area contributed by atoms with Crippen molar-refractivity contribution in [1.29, 1.82) is 0 Å². The van der Waals surface area contributed by atoms with Crippen LogP contribution in [0.4, 0.5) is 11.4 Å². The van der Waals surface area contributed by atoms with Crippen LogP contribution in [0.2, 0.25) is 0 Å². The van der Waals surface area contributed by atoms with Gasteiger partial charge in [-0.25, -0.2) is 0 Å². The van der Waals surface area contributed by atoms with Crippen molar-refractivity contribution in [3.05, 3.63) is 18.2 Å². The molecule has 0 atom stereocenters. The molecule has 2 rings (SSSR count). The van der Waals surface area contributed by atoms with Crippen LogP contribution in [0.25, 0.3) is 0 Å². The van der Waals surface area contributed by atoms with Gasteiger partial charge < -0.3 is 20.3 Å². The number of nitrogens with two attached hydrogens (primary N) is 1. The number of piperazine rings is 1. The van der Waals surface area contributed by atoms with E-state index >= 15 is 0 Å². The number of hydrogen-bond acceptors (Lipinski definition) is 4. The van der Waals surface area contributed by atoms with Crippen LogP contribution in [0.5, 0.6) is 5.75 Å². The molecule has 0 radical (unpaired) electrons. The molecule has 1 fully saturated rings. The minimum atomic E-state index is -0.605. The second kappa shape index (κ2) is 5.23. The Morgan fingerprint density at radius 3 is 2.70 bits per heavy atom. The van der Waals surface area contributed by atoms with Crippen LogP contribution >= 0.6 is 0 Å². The van der Waals surface area contributed by atoms with Crippen LogP contribution in [-0.2, 0) is 4.79 Å². The van der Waals surface area contributed by atoms with Gasteiger partial charge in [0.25, 0.3) is 0 Å². The summed E-state index contributed by atoms with van der Waals surface area (Å²) >= 11 is 0. The van der Waals surface area contributed by atoms with E-state index in [4.69, 9.17) is 10.5 Å². The van der Waals surface area contributed by atoms with Gasteiger partial charge in [0.05, 0.1) is 18.0 Å². The van der Waals surface area contributed by atoms with Crippen molar-refractivity contribution in [2.45, 2.75) is 26.3 Å². The zero-order chi connectivity index (χ0) is 14.9. The molecule has 1 aromatic rings. The number of anilines is 2. The van der Waals surface area contributed by atoms with E-state index in [0.717, 1.165) is 12.2 Å². The van der Waals surface area contributed by atoms with E-state index in [1.165, 1.54) is 0 Å². The summed E-state index contributed by atoms with van der Waals surface area (Å²) in [7, 11) is 1.83. The Bertz CT molecular complexity index is 514. The van der Waals surface area contributed by atoms with Crippen LogP contribution in [0.3, 0.4) is 0 Å². The highest BCUT2D eigenvalue weighted by Gasteiger charge is 2.41. The van der Waals surface area contributed by atoms with Crippen molar-refractivity contribution in [1.82, 2.24) is 4.90 Å². The molecule has 1 aliphatic heterocycles. The Labute approximate surface area is 120 Å². The molecule has 20 heavy (non-hydrogen) atoms. The monoisotopic (exact) mass is 277 g/mol. The largest absolute Gasteiger partial charge is 0.492 e. The maximum atomic E-state index is 12.4. The number of benzene rings is 1. The average molecular weight is 277 g/mol. The molecule has 0 bridgehead atoms. The summed E-state index contributed by atoms with van der Waals surface area (Å²) in [5.74, 6) is 0.775. The van der Waals surface area contributed by atoms with Crippen LogP contribution in [0.1, 0.15) is 20.8 Å². The molecule has 1 saturated heterocycles. The Hall–Kier alpha value is -1.91. The molecular weight excluding hydrogens is 254 g/mol. The third-order valence-electron chi connectivity index (χ3n) is 3.84. The zero-order valence-electron chi connectivity index (χ0n) is 12.6. The van der Waals surface area contributed by atoms with E-state index in [9.17, 15) is 4.79 Å². The van der Waals surface area contributed by atoms with Gasteiger partial charge in [-0.2, -0.15) is 0 Å². The summed E-state index contributed by atoms with van der Waals surface area (Å²) in [5.41, 5.74) is 7.07. The van der Waals surface area contributed by atoms with Crippen LogP contribution in [0.15, 0.2) is 18.2 Å². The fourth-order valence-electron chi connectivity index (χ4n) is 2.68. The zero-order valence-corrected chi connectivity index (χ0v) is 12.6. The van der Waals surface area contributed by atoms with E-state index in [0.29, 0.717) is 24.6 Å². The van der Waals surface area contributed by atoms with Crippen molar-refractivity contribution < 1.29 is 9.53 Å². The fraction of sp³-hybridized carbons (Fsp3) is 0.533. The molecular formula is C15H23N3O2. The summed E-state index contributed by atoms with van der Waals surface area (Å²) in [6.45, 7) is 7.80. The molecule has 2 N–H and O–H groups in total. The molecule has 0 spiro atoms. The summed E-state index contributed by atoms with van der Waals surface area (Å²) in [4.78, 5) is 16.2. The number of hydrogen-bond donors (Lipinski definition) is 1. The van der Waals surface area contributed by atoms with Gasteiger partial charge in [-0.05, 0) is 32.9 Å². The topological polar surface area (TPSA) is 58.8 Å². The summed E-state index contributed by atoms with van der Waals surface area (Å²) in [6, 6.07) is 5.71. The minimum absolute atomic E-state index is 0.102. The smallest absolute Gasteiger partial charge is 0.247 e. The number of carbonyl (C=O) groups is 1. The number of nitrogen functional groups attached to an aromatic ring is 1. The number of likely N-dealkylation sites (N-methyl/N-ethyl adjacent to an activating group) is 1. The minimum Gasteiger partial charge on any atom is -0.492 e. The normalized spacial score (nSPS) is 18.3. The predicted molar refractivity (Wildman–Crippen MR) is 81.1 cm³/mol.